The van der Waals surface area contributed by atoms with Crippen molar-refractivity contribution in [3.05, 3.63) is 33.3 Å². The number of carbonyl (C=O) groups is 1. The Kier molecular flexibility index (Phi) is 4.60. The topological polar surface area (TPSA) is 52.9 Å². The Morgan fingerprint density at radius 2 is 2.19 bits per heavy atom. The molecule has 0 spiro atoms. The summed E-state index contributed by atoms with van der Waals surface area (Å²) in [4.78, 5) is 11.1. The van der Waals surface area contributed by atoms with Crippen molar-refractivity contribution in [1.82, 2.24) is 5.32 Å². The number of hydrogen-bond donors (Lipinski definition) is 1. The molecule has 0 aliphatic rings. The minimum absolute atomic E-state index is 0.149. The molecule has 3 nitrogen and oxygen atoms in total. The standard InChI is InChI=1S/C11H10Cl2N2O/c1-7-4-8(12)5-10(13)9(7)6-15-11(16)2-3-14/h4-5H,2,6H2,1H3,(H,15,16). The molecule has 0 saturated heterocycles. The smallest absolute Gasteiger partial charge is 0.234 e. The third kappa shape index (κ3) is 3.41. The number of benzene rings is 1. The van der Waals surface area contributed by atoms with Crippen molar-refractivity contribution in [3.8, 4) is 6.07 Å². The molecule has 0 radical (unpaired) electrons. The maximum atomic E-state index is 11.1. The Bertz CT molecular complexity index is 429. The van der Waals surface area contributed by atoms with Crippen LogP contribution in [0.2, 0.25) is 10.0 Å². The molecule has 84 valence electrons. The van der Waals surface area contributed by atoms with Crippen LogP contribution in [0.25, 0.3) is 0 Å². The first-order chi connectivity index (χ1) is 7.54. The van der Waals surface area contributed by atoms with E-state index in [1.807, 2.05) is 6.92 Å². The van der Waals surface area contributed by atoms with Crippen LogP contribution in [-0.2, 0) is 11.3 Å². The maximum absolute atomic E-state index is 11.1. The zero-order valence-corrected chi connectivity index (χ0v) is 10.2. The largest absolute Gasteiger partial charge is 0.351 e. The number of aryl methyl sites for hydroxylation is 1. The van der Waals surface area contributed by atoms with Gasteiger partial charge in [-0.15, -0.1) is 0 Å². The third-order valence-electron chi connectivity index (χ3n) is 2.09. The number of amides is 1. The lowest BCUT2D eigenvalue weighted by Crippen LogP contribution is -2.22. The Morgan fingerprint density at radius 3 is 2.75 bits per heavy atom. The summed E-state index contributed by atoms with van der Waals surface area (Å²) in [5.41, 5.74) is 1.73. The van der Waals surface area contributed by atoms with Crippen molar-refractivity contribution in [3.63, 3.8) is 0 Å². The SMILES string of the molecule is Cc1cc(Cl)cc(Cl)c1CNC(=O)CC#N. The van der Waals surface area contributed by atoms with Gasteiger partial charge in [-0.25, -0.2) is 0 Å². The second kappa shape index (κ2) is 5.74. The summed E-state index contributed by atoms with van der Waals surface area (Å²) in [6, 6.07) is 5.18. The van der Waals surface area contributed by atoms with Crippen molar-refractivity contribution in [1.29, 1.82) is 5.26 Å². The van der Waals surface area contributed by atoms with E-state index in [1.54, 1.807) is 18.2 Å². The highest BCUT2D eigenvalue weighted by molar-refractivity contribution is 6.35. The van der Waals surface area contributed by atoms with Gasteiger partial charge in [0.2, 0.25) is 5.91 Å². The average molecular weight is 257 g/mol. The molecular formula is C11H10Cl2N2O. The van der Waals surface area contributed by atoms with Crippen LogP contribution >= 0.6 is 23.2 Å². The van der Waals surface area contributed by atoms with E-state index in [2.05, 4.69) is 5.32 Å². The van der Waals surface area contributed by atoms with Crippen LogP contribution in [0, 0.1) is 18.3 Å². The molecular weight excluding hydrogens is 247 g/mol. The van der Waals surface area contributed by atoms with E-state index in [4.69, 9.17) is 28.5 Å². The number of nitriles is 1. The van der Waals surface area contributed by atoms with Crippen molar-refractivity contribution in [2.45, 2.75) is 19.9 Å². The second-order valence-corrected chi connectivity index (χ2v) is 4.14. The summed E-state index contributed by atoms with van der Waals surface area (Å²) in [6.07, 6.45) is -0.149. The minimum Gasteiger partial charge on any atom is -0.351 e. The minimum atomic E-state index is -0.312. The number of hydrogen-bond acceptors (Lipinski definition) is 2. The fraction of sp³-hybridized carbons (Fsp3) is 0.273. The summed E-state index contributed by atoms with van der Waals surface area (Å²) >= 11 is 11.8. The average Bonchev–Trinajstić information content (AvgIpc) is 2.16. The van der Waals surface area contributed by atoms with Gasteiger partial charge in [-0.1, -0.05) is 23.2 Å². The summed E-state index contributed by atoms with van der Waals surface area (Å²) in [5, 5.41) is 12.0. The molecule has 1 aromatic carbocycles. The van der Waals surface area contributed by atoms with Gasteiger partial charge in [0, 0.05) is 16.6 Å². The molecule has 0 atom stereocenters. The Balaban J connectivity index is 2.75. The lowest BCUT2D eigenvalue weighted by atomic mass is 10.1. The second-order valence-electron chi connectivity index (χ2n) is 3.29. The van der Waals surface area contributed by atoms with Crippen LogP contribution in [0.15, 0.2) is 12.1 Å². The lowest BCUT2D eigenvalue weighted by Gasteiger charge is -2.09. The molecule has 5 heteroatoms. The van der Waals surface area contributed by atoms with E-state index in [0.29, 0.717) is 16.6 Å². The van der Waals surface area contributed by atoms with E-state index in [-0.39, 0.29) is 12.3 Å². The van der Waals surface area contributed by atoms with E-state index in [0.717, 1.165) is 11.1 Å². The first-order valence-electron chi connectivity index (χ1n) is 4.62. The lowest BCUT2D eigenvalue weighted by molar-refractivity contribution is -0.120. The number of halogens is 2. The fourth-order valence-electron chi connectivity index (χ4n) is 1.28. The van der Waals surface area contributed by atoms with Crippen molar-refractivity contribution >= 4 is 29.1 Å². The van der Waals surface area contributed by atoms with Crippen molar-refractivity contribution in [2.75, 3.05) is 0 Å². The highest BCUT2D eigenvalue weighted by Crippen LogP contribution is 2.24. The van der Waals surface area contributed by atoms with E-state index >= 15 is 0 Å². The summed E-state index contributed by atoms with van der Waals surface area (Å²) in [6.45, 7) is 2.17. The van der Waals surface area contributed by atoms with Gasteiger partial charge in [-0.3, -0.25) is 4.79 Å². The van der Waals surface area contributed by atoms with Crippen LogP contribution in [0.1, 0.15) is 17.5 Å². The monoisotopic (exact) mass is 256 g/mol. The van der Waals surface area contributed by atoms with Crippen LogP contribution < -0.4 is 5.32 Å². The van der Waals surface area contributed by atoms with Gasteiger partial charge < -0.3 is 5.32 Å². The van der Waals surface area contributed by atoms with E-state index < -0.39 is 0 Å². The quantitative estimate of drug-likeness (QED) is 0.905. The van der Waals surface area contributed by atoms with Gasteiger partial charge in [-0.2, -0.15) is 5.26 Å². The highest BCUT2D eigenvalue weighted by Gasteiger charge is 2.07. The van der Waals surface area contributed by atoms with Gasteiger partial charge in [0.05, 0.1) is 6.07 Å². The number of nitrogens with one attached hydrogen (secondary N) is 1. The summed E-state index contributed by atoms with van der Waals surface area (Å²) in [5.74, 6) is -0.312. The normalized spacial score (nSPS) is 9.62. The fourth-order valence-corrected chi connectivity index (χ4v) is 1.94. The zero-order chi connectivity index (χ0) is 12.1. The number of carbonyl (C=O) groups excluding carboxylic acids is 1. The third-order valence-corrected chi connectivity index (χ3v) is 2.64. The summed E-state index contributed by atoms with van der Waals surface area (Å²) < 4.78 is 0. The van der Waals surface area contributed by atoms with E-state index in [9.17, 15) is 4.79 Å². The van der Waals surface area contributed by atoms with Gasteiger partial charge in [-0.05, 0) is 30.2 Å². The van der Waals surface area contributed by atoms with Crippen molar-refractivity contribution in [2.24, 2.45) is 0 Å². The van der Waals surface area contributed by atoms with Gasteiger partial charge in [0.1, 0.15) is 6.42 Å². The van der Waals surface area contributed by atoms with Crippen molar-refractivity contribution < 1.29 is 4.79 Å². The highest BCUT2D eigenvalue weighted by atomic mass is 35.5. The zero-order valence-electron chi connectivity index (χ0n) is 8.68. The van der Waals surface area contributed by atoms with Crippen LogP contribution in [-0.4, -0.2) is 5.91 Å². The first kappa shape index (κ1) is 12.8. The number of nitrogens with zero attached hydrogens (tertiary/aromatic N) is 1. The molecule has 1 amide bonds. The molecule has 0 fully saturated rings. The molecule has 0 aliphatic carbocycles. The predicted molar refractivity (Wildman–Crippen MR) is 63.3 cm³/mol. The van der Waals surface area contributed by atoms with Crippen LogP contribution in [0.5, 0.6) is 0 Å². The molecule has 1 rings (SSSR count). The van der Waals surface area contributed by atoms with Crippen LogP contribution in [0.4, 0.5) is 0 Å². The molecule has 0 unspecified atom stereocenters. The Morgan fingerprint density at radius 1 is 1.50 bits per heavy atom. The first-order valence-corrected chi connectivity index (χ1v) is 5.38. The molecule has 0 aromatic heterocycles. The molecule has 0 bridgehead atoms. The molecule has 1 N–H and O–H groups in total. The van der Waals surface area contributed by atoms with Crippen LogP contribution in [0.3, 0.4) is 0 Å². The Hall–Kier alpha value is -1.24. The van der Waals surface area contributed by atoms with Gasteiger partial charge >= 0.3 is 0 Å². The molecule has 0 heterocycles. The van der Waals surface area contributed by atoms with Gasteiger partial charge in [0.15, 0.2) is 0 Å². The van der Waals surface area contributed by atoms with E-state index in [1.165, 1.54) is 0 Å². The van der Waals surface area contributed by atoms with Gasteiger partial charge in [0.25, 0.3) is 0 Å². The molecule has 16 heavy (non-hydrogen) atoms. The predicted octanol–water partition coefficient (Wildman–Crippen LogP) is 2.83. The number of rotatable bonds is 3. The molecule has 0 saturated carbocycles. The maximum Gasteiger partial charge on any atom is 0.234 e. The molecule has 0 aliphatic heterocycles. The summed E-state index contributed by atoms with van der Waals surface area (Å²) in [7, 11) is 0. The molecule has 1 aromatic rings. The Labute approximate surface area is 104 Å².